The monoisotopic (exact) mass is 309 g/mol. The molecule has 0 unspecified atom stereocenters. The van der Waals surface area contributed by atoms with Crippen molar-refractivity contribution in [3.63, 3.8) is 0 Å². The first kappa shape index (κ1) is 17.9. The van der Waals surface area contributed by atoms with Crippen LogP contribution in [0.15, 0.2) is 18.3 Å². The Balaban J connectivity index is 2.73. The number of nitrogens with one attached hydrogen (secondary N) is 1. The summed E-state index contributed by atoms with van der Waals surface area (Å²) in [6.07, 6.45) is 1.08. The van der Waals surface area contributed by atoms with Crippen LogP contribution in [0, 0.1) is 5.92 Å². The molecule has 22 heavy (non-hydrogen) atoms. The summed E-state index contributed by atoms with van der Waals surface area (Å²) in [7, 11) is 3.24. The summed E-state index contributed by atoms with van der Waals surface area (Å²) >= 11 is 0. The molecule has 0 radical (unpaired) electrons. The molecule has 0 saturated heterocycles. The number of carbonyl (C=O) groups excluding carboxylic acids is 2. The standard InChI is InChI=1S/C15H23N3O4/c1-11(2)9-22-15(20)18(4)14-12(6-5-7-17-14)10-21-13(19)8-16-3/h5-7,11,16H,8-10H2,1-4H3. The lowest BCUT2D eigenvalue weighted by Crippen LogP contribution is -2.30. The van der Waals surface area contributed by atoms with E-state index in [0.29, 0.717) is 18.0 Å². The van der Waals surface area contributed by atoms with Crippen LogP contribution >= 0.6 is 0 Å². The minimum absolute atomic E-state index is 0.0471. The molecule has 1 aromatic heterocycles. The van der Waals surface area contributed by atoms with E-state index in [4.69, 9.17) is 9.47 Å². The highest BCUT2D eigenvalue weighted by Gasteiger charge is 2.18. The number of amides is 1. The third-order valence-electron chi connectivity index (χ3n) is 2.71. The molecule has 0 aliphatic heterocycles. The molecular weight excluding hydrogens is 286 g/mol. The van der Waals surface area contributed by atoms with Crippen LogP contribution in [0.2, 0.25) is 0 Å². The summed E-state index contributed by atoms with van der Waals surface area (Å²) in [6.45, 7) is 4.43. The minimum atomic E-state index is -0.491. The van der Waals surface area contributed by atoms with Crippen LogP contribution in [-0.2, 0) is 20.9 Å². The first-order valence-corrected chi connectivity index (χ1v) is 7.10. The summed E-state index contributed by atoms with van der Waals surface area (Å²) in [5.74, 6) is 0.291. The number of likely N-dealkylation sites (N-methyl/N-ethyl adjacent to an activating group) is 1. The molecule has 7 nitrogen and oxygen atoms in total. The maximum Gasteiger partial charge on any atom is 0.415 e. The Morgan fingerprint density at radius 2 is 2.09 bits per heavy atom. The van der Waals surface area contributed by atoms with Gasteiger partial charge in [-0.3, -0.25) is 9.69 Å². The Bertz CT molecular complexity index is 505. The molecule has 1 amide bonds. The molecule has 1 rings (SSSR count). The summed E-state index contributed by atoms with van der Waals surface area (Å²) in [5.41, 5.74) is 0.635. The van der Waals surface area contributed by atoms with Crippen LogP contribution in [0.3, 0.4) is 0 Å². The molecule has 1 heterocycles. The van der Waals surface area contributed by atoms with Gasteiger partial charge < -0.3 is 14.8 Å². The van der Waals surface area contributed by atoms with Crippen molar-refractivity contribution in [1.82, 2.24) is 10.3 Å². The molecule has 0 spiro atoms. The SMILES string of the molecule is CNCC(=O)OCc1cccnc1N(C)C(=O)OCC(C)C. The van der Waals surface area contributed by atoms with E-state index in [2.05, 4.69) is 10.3 Å². The molecule has 0 atom stereocenters. The molecule has 0 fully saturated rings. The van der Waals surface area contributed by atoms with Crippen LogP contribution in [0.5, 0.6) is 0 Å². The van der Waals surface area contributed by atoms with Crippen molar-refractivity contribution in [3.05, 3.63) is 23.9 Å². The van der Waals surface area contributed by atoms with Crippen LogP contribution in [0.1, 0.15) is 19.4 Å². The van der Waals surface area contributed by atoms with Gasteiger partial charge in [-0.05, 0) is 19.0 Å². The second-order valence-electron chi connectivity index (χ2n) is 5.21. The van der Waals surface area contributed by atoms with Crippen LogP contribution in [0.25, 0.3) is 0 Å². The van der Waals surface area contributed by atoms with Gasteiger partial charge in [0.25, 0.3) is 0 Å². The number of pyridine rings is 1. The average molecular weight is 309 g/mol. The Morgan fingerprint density at radius 3 is 2.73 bits per heavy atom. The summed E-state index contributed by atoms with van der Waals surface area (Å²) in [5, 5.41) is 2.71. The largest absolute Gasteiger partial charge is 0.460 e. The quantitative estimate of drug-likeness (QED) is 0.770. The second kappa shape index (κ2) is 8.99. The number of esters is 1. The van der Waals surface area contributed by atoms with Gasteiger partial charge in [-0.25, -0.2) is 9.78 Å². The highest BCUT2D eigenvalue weighted by molar-refractivity contribution is 5.86. The first-order valence-electron chi connectivity index (χ1n) is 7.10. The van der Waals surface area contributed by atoms with Gasteiger partial charge in [-0.1, -0.05) is 19.9 Å². The molecule has 0 saturated carbocycles. The lowest BCUT2D eigenvalue weighted by atomic mass is 10.2. The van der Waals surface area contributed by atoms with E-state index in [0.717, 1.165) is 0 Å². The topological polar surface area (TPSA) is 80.8 Å². The fourth-order valence-corrected chi connectivity index (χ4v) is 1.62. The van der Waals surface area contributed by atoms with E-state index in [1.165, 1.54) is 4.90 Å². The Morgan fingerprint density at radius 1 is 1.36 bits per heavy atom. The zero-order chi connectivity index (χ0) is 16.5. The predicted molar refractivity (Wildman–Crippen MR) is 82.5 cm³/mol. The molecule has 0 aliphatic carbocycles. The van der Waals surface area contributed by atoms with E-state index in [9.17, 15) is 9.59 Å². The highest BCUT2D eigenvalue weighted by Crippen LogP contribution is 2.18. The van der Waals surface area contributed by atoms with Gasteiger partial charge in [0.05, 0.1) is 13.2 Å². The molecular formula is C15H23N3O4. The van der Waals surface area contributed by atoms with E-state index in [-0.39, 0.29) is 25.0 Å². The Hall–Kier alpha value is -2.15. The van der Waals surface area contributed by atoms with Gasteiger partial charge in [0.15, 0.2) is 0 Å². The minimum Gasteiger partial charge on any atom is -0.460 e. The summed E-state index contributed by atoms with van der Waals surface area (Å²) in [6, 6.07) is 3.47. The second-order valence-corrected chi connectivity index (χ2v) is 5.21. The van der Waals surface area contributed by atoms with Gasteiger partial charge in [-0.15, -0.1) is 0 Å². The molecule has 1 N–H and O–H groups in total. The number of carbonyl (C=O) groups is 2. The molecule has 1 aromatic rings. The van der Waals surface area contributed by atoms with E-state index in [1.807, 2.05) is 13.8 Å². The Kier molecular flexibility index (Phi) is 7.31. The maximum atomic E-state index is 12.0. The molecule has 0 bridgehead atoms. The summed E-state index contributed by atoms with van der Waals surface area (Å²) in [4.78, 5) is 28.9. The van der Waals surface area contributed by atoms with E-state index < -0.39 is 6.09 Å². The molecule has 7 heteroatoms. The van der Waals surface area contributed by atoms with Gasteiger partial charge in [0.1, 0.15) is 12.4 Å². The maximum absolute atomic E-state index is 12.0. The van der Waals surface area contributed by atoms with Crippen molar-refractivity contribution in [3.8, 4) is 0 Å². The predicted octanol–water partition coefficient (Wildman–Crippen LogP) is 1.57. The normalized spacial score (nSPS) is 10.4. The van der Waals surface area contributed by atoms with Crippen LogP contribution in [0.4, 0.5) is 10.6 Å². The number of hydrogen-bond acceptors (Lipinski definition) is 6. The average Bonchev–Trinajstić information content (AvgIpc) is 2.50. The third-order valence-corrected chi connectivity index (χ3v) is 2.71. The summed E-state index contributed by atoms with van der Waals surface area (Å²) < 4.78 is 10.3. The number of nitrogens with zero attached hydrogens (tertiary/aromatic N) is 2. The van der Waals surface area contributed by atoms with Crippen molar-refractivity contribution in [2.24, 2.45) is 5.92 Å². The van der Waals surface area contributed by atoms with Crippen molar-refractivity contribution in [2.45, 2.75) is 20.5 Å². The van der Waals surface area contributed by atoms with E-state index in [1.54, 1.807) is 32.4 Å². The number of aromatic nitrogens is 1. The van der Waals surface area contributed by atoms with Gasteiger partial charge in [0.2, 0.25) is 0 Å². The molecule has 122 valence electrons. The number of hydrogen-bond donors (Lipinski definition) is 1. The fourth-order valence-electron chi connectivity index (χ4n) is 1.62. The lowest BCUT2D eigenvalue weighted by molar-refractivity contribution is -0.143. The van der Waals surface area contributed by atoms with Crippen molar-refractivity contribution >= 4 is 17.9 Å². The fraction of sp³-hybridized carbons (Fsp3) is 0.533. The number of rotatable bonds is 7. The third kappa shape index (κ3) is 5.69. The molecule has 0 aliphatic rings. The van der Waals surface area contributed by atoms with Crippen LogP contribution < -0.4 is 10.2 Å². The first-order chi connectivity index (χ1) is 10.5. The lowest BCUT2D eigenvalue weighted by Gasteiger charge is -2.19. The van der Waals surface area contributed by atoms with Gasteiger partial charge in [0, 0.05) is 18.8 Å². The van der Waals surface area contributed by atoms with Crippen molar-refractivity contribution < 1.29 is 19.1 Å². The zero-order valence-electron chi connectivity index (χ0n) is 13.5. The Labute approximate surface area is 130 Å². The zero-order valence-corrected chi connectivity index (χ0v) is 13.5. The van der Waals surface area contributed by atoms with Crippen LogP contribution in [-0.4, -0.2) is 44.3 Å². The highest BCUT2D eigenvalue weighted by atomic mass is 16.6. The molecule has 0 aromatic carbocycles. The van der Waals surface area contributed by atoms with Crippen molar-refractivity contribution in [2.75, 3.05) is 32.1 Å². The number of anilines is 1. The van der Waals surface area contributed by atoms with Gasteiger partial charge in [-0.2, -0.15) is 0 Å². The van der Waals surface area contributed by atoms with Gasteiger partial charge >= 0.3 is 12.1 Å². The van der Waals surface area contributed by atoms with Crippen molar-refractivity contribution in [1.29, 1.82) is 0 Å². The van der Waals surface area contributed by atoms with E-state index >= 15 is 0 Å². The smallest absolute Gasteiger partial charge is 0.415 e. The number of ether oxygens (including phenoxy) is 2.